The average Bonchev–Trinajstić information content (AvgIpc) is 2.88. The molecular formula is C13H24N4. The van der Waals surface area contributed by atoms with E-state index in [1.54, 1.807) is 0 Å². The highest BCUT2D eigenvalue weighted by Crippen LogP contribution is 2.32. The third-order valence-electron chi connectivity index (χ3n) is 4.25. The van der Waals surface area contributed by atoms with Crippen molar-refractivity contribution < 1.29 is 0 Å². The lowest BCUT2D eigenvalue weighted by Gasteiger charge is -2.30. The third-order valence-corrected chi connectivity index (χ3v) is 4.25. The first-order valence-corrected chi connectivity index (χ1v) is 6.90. The lowest BCUT2D eigenvalue weighted by Crippen LogP contribution is -2.39. The molecule has 1 aromatic rings. The third kappa shape index (κ3) is 2.37. The lowest BCUT2D eigenvalue weighted by molar-refractivity contribution is 0.304. The Kier molecular flexibility index (Phi) is 3.82. The van der Waals surface area contributed by atoms with Crippen molar-refractivity contribution in [2.24, 2.45) is 5.73 Å². The zero-order valence-corrected chi connectivity index (χ0v) is 11.0. The number of nitrogens with two attached hydrogens (primary N) is 1. The smallest absolute Gasteiger partial charge is 0.153 e. The summed E-state index contributed by atoms with van der Waals surface area (Å²) >= 11 is 0. The van der Waals surface area contributed by atoms with E-state index in [1.165, 1.54) is 32.1 Å². The highest BCUT2D eigenvalue weighted by atomic mass is 15.3. The van der Waals surface area contributed by atoms with Crippen LogP contribution in [0.15, 0.2) is 6.33 Å². The van der Waals surface area contributed by atoms with Crippen LogP contribution in [0.3, 0.4) is 0 Å². The molecule has 2 N–H and O–H groups in total. The predicted molar refractivity (Wildman–Crippen MR) is 68.6 cm³/mol. The van der Waals surface area contributed by atoms with Gasteiger partial charge in [0.25, 0.3) is 0 Å². The van der Waals surface area contributed by atoms with Crippen LogP contribution in [0.2, 0.25) is 0 Å². The van der Waals surface area contributed by atoms with E-state index >= 15 is 0 Å². The second-order valence-electron chi connectivity index (χ2n) is 5.22. The average molecular weight is 236 g/mol. The summed E-state index contributed by atoms with van der Waals surface area (Å²) in [6.45, 7) is 4.26. The molecule has 0 radical (unpaired) electrons. The van der Waals surface area contributed by atoms with Gasteiger partial charge in [0.05, 0.1) is 5.54 Å². The number of aromatic nitrogens is 3. The van der Waals surface area contributed by atoms with Crippen molar-refractivity contribution >= 4 is 0 Å². The molecule has 0 bridgehead atoms. The molecule has 1 heterocycles. The van der Waals surface area contributed by atoms with Crippen molar-refractivity contribution in [2.75, 3.05) is 0 Å². The van der Waals surface area contributed by atoms with E-state index in [9.17, 15) is 0 Å². The quantitative estimate of drug-likeness (QED) is 0.874. The van der Waals surface area contributed by atoms with Crippen LogP contribution < -0.4 is 5.73 Å². The Balaban J connectivity index is 2.26. The number of nitrogens with zero attached hydrogens (tertiary/aromatic N) is 3. The Morgan fingerprint density at radius 2 is 1.94 bits per heavy atom. The molecule has 1 saturated carbocycles. The molecule has 0 atom stereocenters. The molecule has 0 amide bonds. The molecule has 1 aliphatic rings. The van der Waals surface area contributed by atoms with E-state index in [0.717, 1.165) is 18.7 Å². The SMILES string of the molecule is CCC(N)(CC)c1nncn1C1CCCCC1. The Hall–Kier alpha value is -0.900. The number of hydrogen-bond acceptors (Lipinski definition) is 3. The van der Waals surface area contributed by atoms with Crippen molar-refractivity contribution in [2.45, 2.75) is 70.4 Å². The fraction of sp³-hybridized carbons (Fsp3) is 0.846. The van der Waals surface area contributed by atoms with Crippen LogP contribution >= 0.6 is 0 Å². The minimum atomic E-state index is -0.312. The summed E-state index contributed by atoms with van der Waals surface area (Å²) in [5.74, 6) is 0.981. The zero-order chi connectivity index (χ0) is 12.3. The molecule has 2 rings (SSSR count). The van der Waals surface area contributed by atoms with Crippen molar-refractivity contribution in [1.29, 1.82) is 0 Å². The van der Waals surface area contributed by atoms with Crippen molar-refractivity contribution in [3.8, 4) is 0 Å². The van der Waals surface area contributed by atoms with Gasteiger partial charge in [-0.15, -0.1) is 10.2 Å². The molecule has 0 unspecified atom stereocenters. The van der Waals surface area contributed by atoms with Crippen LogP contribution in [0.25, 0.3) is 0 Å². The first-order valence-electron chi connectivity index (χ1n) is 6.90. The summed E-state index contributed by atoms with van der Waals surface area (Å²) in [5, 5.41) is 8.39. The van der Waals surface area contributed by atoms with Crippen LogP contribution in [-0.4, -0.2) is 14.8 Å². The van der Waals surface area contributed by atoms with Gasteiger partial charge in [0.15, 0.2) is 5.82 Å². The fourth-order valence-electron chi connectivity index (χ4n) is 2.79. The second-order valence-corrected chi connectivity index (χ2v) is 5.22. The molecular weight excluding hydrogens is 212 g/mol. The Bertz CT molecular complexity index is 348. The molecule has 0 aromatic carbocycles. The van der Waals surface area contributed by atoms with Crippen molar-refractivity contribution in [3.63, 3.8) is 0 Å². The van der Waals surface area contributed by atoms with Gasteiger partial charge >= 0.3 is 0 Å². The van der Waals surface area contributed by atoms with E-state index in [-0.39, 0.29) is 5.54 Å². The van der Waals surface area contributed by atoms with E-state index in [4.69, 9.17) is 5.73 Å². The van der Waals surface area contributed by atoms with E-state index in [2.05, 4.69) is 28.6 Å². The summed E-state index contributed by atoms with van der Waals surface area (Å²) in [7, 11) is 0. The first-order chi connectivity index (χ1) is 8.21. The van der Waals surface area contributed by atoms with Gasteiger partial charge < -0.3 is 10.3 Å². The van der Waals surface area contributed by atoms with E-state index in [0.29, 0.717) is 6.04 Å². The van der Waals surface area contributed by atoms with Crippen LogP contribution in [-0.2, 0) is 5.54 Å². The molecule has 17 heavy (non-hydrogen) atoms. The predicted octanol–water partition coefficient (Wildman–Crippen LogP) is 2.76. The summed E-state index contributed by atoms with van der Waals surface area (Å²) in [6.07, 6.45) is 10.2. The van der Waals surface area contributed by atoms with E-state index in [1.807, 2.05) is 6.33 Å². The van der Waals surface area contributed by atoms with Crippen molar-refractivity contribution in [3.05, 3.63) is 12.2 Å². The number of hydrogen-bond donors (Lipinski definition) is 1. The van der Waals surface area contributed by atoms with E-state index < -0.39 is 0 Å². The van der Waals surface area contributed by atoms with Gasteiger partial charge in [-0.1, -0.05) is 33.1 Å². The Labute approximate surface area is 104 Å². The van der Waals surface area contributed by atoms with Gasteiger partial charge in [0.2, 0.25) is 0 Å². The maximum atomic E-state index is 6.45. The molecule has 4 heteroatoms. The summed E-state index contributed by atoms with van der Waals surface area (Å²) < 4.78 is 2.24. The van der Waals surface area contributed by atoms with Gasteiger partial charge in [-0.05, 0) is 25.7 Å². The first kappa shape index (κ1) is 12.6. The standard InChI is InChI=1S/C13H24N4/c1-3-13(14,4-2)12-16-15-10-17(12)11-8-6-5-7-9-11/h10-11H,3-9,14H2,1-2H3. The summed E-state index contributed by atoms with van der Waals surface area (Å²) in [5.41, 5.74) is 6.13. The molecule has 96 valence electrons. The largest absolute Gasteiger partial charge is 0.319 e. The molecule has 0 aliphatic heterocycles. The van der Waals surface area contributed by atoms with Gasteiger partial charge in [0, 0.05) is 6.04 Å². The van der Waals surface area contributed by atoms with Crippen molar-refractivity contribution in [1.82, 2.24) is 14.8 Å². The minimum Gasteiger partial charge on any atom is -0.319 e. The minimum absolute atomic E-state index is 0.312. The van der Waals surface area contributed by atoms with Gasteiger partial charge in [-0.2, -0.15) is 0 Å². The molecule has 1 aromatic heterocycles. The van der Waals surface area contributed by atoms with Crippen LogP contribution in [0.1, 0.15) is 70.7 Å². The maximum Gasteiger partial charge on any atom is 0.153 e. The normalized spacial score (nSPS) is 18.5. The monoisotopic (exact) mass is 236 g/mol. The topological polar surface area (TPSA) is 56.7 Å². The van der Waals surface area contributed by atoms with Gasteiger partial charge in [-0.3, -0.25) is 0 Å². The van der Waals surface area contributed by atoms with Crippen LogP contribution in [0.4, 0.5) is 0 Å². The maximum absolute atomic E-state index is 6.45. The number of rotatable bonds is 4. The molecule has 0 saturated heterocycles. The highest BCUT2D eigenvalue weighted by Gasteiger charge is 2.31. The summed E-state index contributed by atoms with van der Waals surface area (Å²) in [6, 6.07) is 0.565. The van der Waals surface area contributed by atoms with Gasteiger partial charge in [-0.25, -0.2) is 0 Å². The van der Waals surface area contributed by atoms with Gasteiger partial charge in [0.1, 0.15) is 6.33 Å². The molecule has 4 nitrogen and oxygen atoms in total. The fourth-order valence-corrected chi connectivity index (χ4v) is 2.79. The molecule has 1 fully saturated rings. The second kappa shape index (κ2) is 5.17. The Morgan fingerprint density at radius 1 is 1.29 bits per heavy atom. The van der Waals surface area contributed by atoms with Crippen LogP contribution in [0.5, 0.6) is 0 Å². The Morgan fingerprint density at radius 3 is 2.53 bits per heavy atom. The molecule has 1 aliphatic carbocycles. The molecule has 0 spiro atoms. The van der Waals surface area contributed by atoms with Crippen LogP contribution in [0, 0.1) is 0 Å². The highest BCUT2D eigenvalue weighted by molar-refractivity contribution is 5.06. The summed E-state index contributed by atoms with van der Waals surface area (Å²) in [4.78, 5) is 0. The zero-order valence-electron chi connectivity index (χ0n) is 11.0. The lowest BCUT2D eigenvalue weighted by atomic mass is 9.91.